The molecule has 1 atom stereocenters. The van der Waals surface area contributed by atoms with Gasteiger partial charge >= 0.3 is 0 Å². The van der Waals surface area contributed by atoms with Crippen molar-refractivity contribution in [2.45, 2.75) is 44.6 Å². The number of hydrogen-bond donors (Lipinski definition) is 2. The Morgan fingerprint density at radius 3 is 2.29 bits per heavy atom. The summed E-state index contributed by atoms with van der Waals surface area (Å²) in [5.41, 5.74) is 3.95. The van der Waals surface area contributed by atoms with Gasteiger partial charge in [-0.2, -0.15) is 0 Å². The number of fused-ring (bicyclic) bond motifs is 1. The fraction of sp³-hybridized carbons (Fsp3) is 0.259. The number of hydrogen-bond acceptors (Lipinski definition) is 4. The van der Waals surface area contributed by atoms with E-state index in [4.69, 9.17) is 0 Å². The number of rotatable bonds is 7. The first kappa shape index (κ1) is 24.5. The largest absolute Gasteiger partial charge is 0.356 e. The maximum atomic E-state index is 14.1. The molecule has 1 aliphatic heterocycles. The van der Waals surface area contributed by atoms with Crippen molar-refractivity contribution in [1.82, 2.24) is 5.32 Å². The van der Waals surface area contributed by atoms with Crippen LogP contribution in [0.5, 0.6) is 0 Å². The van der Waals surface area contributed by atoms with Gasteiger partial charge in [-0.15, -0.1) is 0 Å². The summed E-state index contributed by atoms with van der Waals surface area (Å²) in [6.07, 6.45) is 0.341. The molecule has 0 bridgehead atoms. The molecule has 1 heterocycles. The first-order chi connectivity index (χ1) is 16.7. The van der Waals surface area contributed by atoms with Crippen LogP contribution in [-0.2, 0) is 26.0 Å². The number of benzene rings is 3. The minimum absolute atomic E-state index is 0.155. The van der Waals surface area contributed by atoms with E-state index in [0.29, 0.717) is 35.5 Å². The molecule has 7 nitrogen and oxygen atoms in total. The predicted octanol–water partition coefficient (Wildman–Crippen LogP) is 3.88. The lowest BCUT2D eigenvalue weighted by Crippen LogP contribution is -2.53. The van der Waals surface area contributed by atoms with Gasteiger partial charge in [-0.25, -0.2) is 8.42 Å². The number of carbonyl (C=O) groups excluding carboxylic acids is 2. The molecule has 0 fully saturated rings. The number of amides is 2. The van der Waals surface area contributed by atoms with Crippen molar-refractivity contribution in [3.05, 3.63) is 89.0 Å². The van der Waals surface area contributed by atoms with E-state index in [0.717, 1.165) is 15.4 Å². The van der Waals surface area contributed by atoms with Crippen LogP contribution in [0.2, 0.25) is 0 Å². The molecule has 8 heteroatoms. The van der Waals surface area contributed by atoms with E-state index in [1.54, 1.807) is 50.2 Å². The number of para-hydroxylation sites is 2. The lowest BCUT2D eigenvalue weighted by atomic mass is 10.1. The second kappa shape index (κ2) is 9.92. The summed E-state index contributed by atoms with van der Waals surface area (Å²) in [5.74, 6) is -0.925. The molecule has 4 rings (SSSR count). The van der Waals surface area contributed by atoms with Crippen LogP contribution in [-0.4, -0.2) is 32.8 Å². The van der Waals surface area contributed by atoms with Crippen molar-refractivity contribution < 1.29 is 18.0 Å². The minimum Gasteiger partial charge on any atom is -0.356 e. The Bertz CT molecular complexity index is 1350. The number of carbonyl (C=O) groups is 2. The number of aryl methyl sites for hydroxylation is 3. The first-order valence-corrected chi connectivity index (χ1v) is 13.0. The van der Waals surface area contributed by atoms with E-state index < -0.39 is 27.9 Å². The molecule has 0 radical (unpaired) electrons. The molecule has 3 aromatic carbocycles. The molecule has 0 saturated heterocycles. The van der Waals surface area contributed by atoms with E-state index in [2.05, 4.69) is 10.6 Å². The van der Waals surface area contributed by atoms with Gasteiger partial charge in [0.15, 0.2) is 0 Å². The summed E-state index contributed by atoms with van der Waals surface area (Å²) >= 11 is 0. The van der Waals surface area contributed by atoms with Crippen LogP contribution in [0, 0.1) is 20.8 Å². The van der Waals surface area contributed by atoms with Crippen LogP contribution in [0.3, 0.4) is 0 Å². The van der Waals surface area contributed by atoms with Gasteiger partial charge in [0.2, 0.25) is 11.8 Å². The van der Waals surface area contributed by atoms with Gasteiger partial charge in [0.1, 0.15) is 6.04 Å². The molecule has 0 aliphatic carbocycles. The SMILES string of the molecule is Cc1cc(C)c(S(=O)(=O)N2c3ccccc3NC(=O)C2CC(=O)NCCc2ccccc2)c(C)c1. The van der Waals surface area contributed by atoms with Crippen LogP contribution in [0.25, 0.3) is 0 Å². The Kier molecular flexibility index (Phi) is 6.93. The van der Waals surface area contributed by atoms with E-state index >= 15 is 0 Å². The van der Waals surface area contributed by atoms with Gasteiger partial charge in [0.25, 0.3) is 10.0 Å². The van der Waals surface area contributed by atoms with Crippen molar-refractivity contribution in [3.63, 3.8) is 0 Å². The predicted molar refractivity (Wildman–Crippen MR) is 137 cm³/mol. The van der Waals surface area contributed by atoms with Gasteiger partial charge in [0.05, 0.1) is 22.7 Å². The van der Waals surface area contributed by atoms with E-state index in [1.165, 1.54) is 0 Å². The number of sulfonamides is 1. The average Bonchev–Trinajstić information content (AvgIpc) is 2.79. The summed E-state index contributed by atoms with van der Waals surface area (Å²) < 4.78 is 29.2. The van der Waals surface area contributed by atoms with Crippen molar-refractivity contribution in [1.29, 1.82) is 0 Å². The maximum Gasteiger partial charge on any atom is 0.265 e. The summed E-state index contributed by atoms with van der Waals surface area (Å²) in [6.45, 7) is 5.78. The molecule has 2 N–H and O–H groups in total. The highest BCUT2D eigenvalue weighted by Crippen LogP contribution is 2.38. The zero-order chi connectivity index (χ0) is 25.2. The zero-order valence-corrected chi connectivity index (χ0v) is 20.9. The van der Waals surface area contributed by atoms with Crippen LogP contribution in [0.1, 0.15) is 28.7 Å². The molecule has 0 aromatic heterocycles. The molecule has 2 amide bonds. The van der Waals surface area contributed by atoms with Gasteiger partial charge in [-0.05, 0) is 56.0 Å². The van der Waals surface area contributed by atoms with Crippen LogP contribution < -0.4 is 14.9 Å². The first-order valence-electron chi connectivity index (χ1n) is 11.5. The lowest BCUT2D eigenvalue weighted by Gasteiger charge is -2.37. The van der Waals surface area contributed by atoms with Crippen molar-refractivity contribution in [2.24, 2.45) is 0 Å². The number of nitrogens with zero attached hydrogens (tertiary/aromatic N) is 1. The minimum atomic E-state index is -4.15. The Morgan fingerprint density at radius 2 is 1.60 bits per heavy atom. The number of anilines is 2. The molecule has 35 heavy (non-hydrogen) atoms. The molecule has 182 valence electrons. The Morgan fingerprint density at radius 1 is 0.971 bits per heavy atom. The summed E-state index contributed by atoms with van der Waals surface area (Å²) in [5, 5.41) is 5.59. The molecule has 0 saturated carbocycles. The third-order valence-electron chi connectivity index (χ3n) is 6.06. The van der Waals surface area contributed by atoms with E-state index in [-0.39, 0.29) is 11.3 Å². The normalized spacial score (nSPS) is 15.3. The molecule has 0 spiro atoms. The summed E-state index contributed by atoms with van der Waals surface area (Å²) in [4.78, 5) is 26.1. The fourth-order valence-electron chi connectivity index (χ4n) is 4.65. The lowest BCUT2D eigenvalue weighted by molar-refractivity contribution is -0.125. The molecule has 1 unspecified atom stereocenters. The zero-order valence-electron chi connectivity index (χ0n) is 20.0. The smallest absolute Gasteiger partial charge is 0.265 e. The van der Waals surface area contributed by atoms with Crippen LogP contribution >= 0.6 is 0 Å². The summed E-state index contributed by atoms with van der Waals surface area (Å²) in [6, 6.07) is 18.9. The highest BCUT2D eigenvalue weighted by atomic mass is 32.2. The molecule has 1 aliphatic rings. The Hall–Kier alpha value is -3.65. The highest BCUT2D eigenvalue weighted by Gasteiger charge is 2.42. The van der Waals surface area contributed by atoms with Crippen LogP contribution in [0.15, 0.2) is 71.6 Å². The van der Waals surface area contributed by atoms with Gasteiger partial charge in [-0.3, -0.25) is 13.9 Å². The third kappa shape index (κ3) is 5.07. The van der Waals surface area contributed by atoms with E-state index in [9.17, 15) is 18.0 Å². The molecular formula is C27H29N3O4S. The number of nitrogens with one attached hydrogen (secondary N) is 2. The monoisotopic (exact) mass is 491 g/mol. The van der Waals surface area contributed by atoms with E-state index in [1.807, 2.05) is 37.3 Å². The third-order valence-corrected chi connectivity index (χ3v) is 8.19. The van der Waals surface area contributed by atoms with Crippen molar-refractivity contribution in [2.75, 3.05) is 16.2 Å². The fourth-order valence-corrected chi connectivity index (χ4v) is 6.70. The Labute approximate surface area is 206 Å². The topological polar surface area (TPSA) is 95.6 Å². The quantitative estimate of drug-likeness (QED) is 0.524. The highest BCUT2D eigenvalue weighted by molar-refractivity contribution is 7.93. The standard InChI is InChI=1S/C27H29N3O4S/c1-18-15-19(2)26(20(3)16-18)35(33,34)30-23-12-8-7-11-22(23)29-27(32)24(30)17-25(31)28-14-13-21-9-5-4-6-10-21/h4-12,15-16,24H,13-14,17H2,1-3H3,(H,28,31)(H,29,32). The Balaban J connectivity index is 1.65. The van der Waals surface area contributed by atoms with Gasteiger partial charge in [-0.1, -0.05) is 60.2 Å². The van der Waals surface area contributed by atoms with Gasteiger partial charge < -0.3 is 10.6 Å². The van der Waals surface area contributed by atoms with Gasteiger partial charge in [0, 0.05) is 6.54 Å². The second-order valence-electron chi connectivity index (χ2n) is 8.84. The van der Waals surface area contributed by atoms with Crippen molar-refractivity contribution >= 4 is 33.2 Å². The molecular weight excluding hydrogens is 462 g/mol. The summed E-state index contributed by atoms with van der Waals surface area (Å²) in [7, 11) is -4.15. The average molecular weight is 492 g/mol. The van der Waals surface area contributed by atoms with Crippen molar-refractivity contribution in [3.8, 4) is 0 Å². The second-order valence-corrected chi connectivity index (χ2v) is 10.6. The maximum absolute atomic E-state index is 14.1. The molecule has 3 aromatic rings. The van der Waals surface area contributed by atoms with Crippen LogP contribution in [0.4, 0.5) is 11.4 Å².